The Morgan fingerprint density at radius 2 is 1.72 bits per heavy atom. The largest absolute Gasteiger partial charge is 0.495 e. The first-order valence-corrected chi connectivity index (χ1v) is 11.8. The van der Waals surface area contributed by atoms with Crippen molar-refractivity contribution in [2.24, 2.45) is 0 Å². The van der Waals surface area contributed by atoms with Gasteiger partial charge in [-0.15, -0.1) is 0 Å². The van der Waals surface area contributed by atoms with Crippen molar-refractivity contribution in [2.45, 2.75) is 33.6 Å². The second-order valence-electron chi connectivity index (χ2n) is 7.81. The van der Waals surface area contributed by atoms with Gasteiger partial charge in [0.15, 0.2) is 18.1 Å². The van der Waals surface area contributed by atoms with Crippen LogP contribution in [0.15, 0.2) is 42.5 Å². The second-order valence-corrected chi connectivity index (χ2v) is 7.81. The summed E-state index contributed by atoms with van der Waals surface area (Å²) in [5, 5.41) is 5.08. The fourth-order valence-electron chi connectivity index (χ4n) is 3.04. The number of hydrogen-bond acceptors (Lipinski definition) is 7. The molecule has 2 N–H and O–H groups in total. The highest BCUT2D eigenvalue weighted by atomic mass is 16.5. The molecule has 194 valence electrons. The van der Waals surface area contributed by atoms with Gasteiger partial charge in [-0.05, 0) is 61.7 Å². The van der Waals surface area contributed by atoms with E-state index in [4.69, 9.17) is 18.9 Å². The molecule has 9 heteroatoms. The van der Waals surface area contributed by atoms with Crippen molar-refractivity contribution >= 4 is 29.5 Å². The maximum atomic E-state index is 12.1. The van der Waals surface area contributed by atoms with E-state index in [2.05, 4.69) is 17.6 Å². The molecule has 0 fully saturated rings. The average Bonchev–Trinajstić information content (AvgIpc) is 2.86. The first kappa shape index (κ1) is 28.2. The molecule has 0 aliphatic rings. The van der Waals surface area contributed by atoms with Crippen LogP contribution in [0.25, 0.3) is 6.08 Å². The van der Waals surface area contributed by atoms with E-state index in [1.807, 2.05) is 19.9 Å². The lowest BCUT2D eigenvalue weighted by Crippen LogP contribution is -2.35. The number of aryl methyl sites for hydroxylation is 1. The number of anilines is 1. The van der Waals surface area contributed by atoms with Crippen molar-refractivity contribution in [1.82, 2.24) is 5.32 Å². The molecule has 2 rings (SSSR count). The van der Waals surface area contributed by atoms with Crippen LogP contribution in [0.1, 0.15) is 37.8 Å². The summed E-state index contributed by atoms with van der Waals surface area (Å²) in [6.07, 6.45) is 4.74. The number of nitrogens with one attached hydrogen (secondary N) is 2. The zero-order valence-electron chi connectivity index (χ0n) is 21.2. The zero-order chi connectivity index (χ0) is 26.3. The van der Waals surface area contributed by atoms with Crippen molar-refractivity contribution in [1.29, 1.82) is 0 Å². The monoisotopic (exact) mass is 498 g/mol. The quantitative estimate of drug-likeness (QED) is 0.231. The Morgan fingerprint density at radius 3 is 2.44 bits per heavy atom. The Balaban J connectivity index is 1.80. The molecule has 0 saturated carbocycles. The molecule has 0 heterocycles. The number of rotatable bonds is 14. The molecule has 0 aliphatic heterocycles. The van der Waals surface area contributed by atoms with Gasteiger partial charge in [-0.1, -0.05) is 25.5 Å². The van der Waals surface area contributed by atoms with E-state index in [0.29, 0.717) is 41.7 Å². The molecule has 0 aliphatic carbocycles. The normalized spacial score (nSPS) is 10.6. The number of ether oxygens (including phenoxy) is 4. The molecule has 2 amide bonds. The third kappa shape index (κ3) is 9.69. The number of amides is 2. The SMILES string of the molecule is CCCCOc1ccc(/C=C/C(=O)OCC(=O)NCC(=O)Nc2cc(C)ccc2OC)cc1OCC. The lowest BCUT2D eigenvalue weighted by atomic mass is 10.2. The highest BCUT2D eigenvalue weighted by Crippen LogP contribution is 2.29. The highest BCUT2D eigenvalue weighted by molar-refractivity contribution is 5.96. The zero-order valence-corrected chi connectivity index (χ0v) is 21.2. The molecule has 0 unspecified atom stereocenters. The molecule has 9 nitrogen and oxygen atoms in total. The third-order valence-corrected chi connectivity index (χ3v) is 4.86. The molecule has 2 aromatic rings. The lowest BCUT2D eigenvalue weighted by Gasteiger charge is -2.12. The van der Waals surface area contributed by atoms with E-state index in [1.54, 1.807) is 36.4 Å². The standard InChI is InChI=1S/C27H34N2O7/c1-5-7-14-35-23-12-9-20(16-24(23)34-6-2)10-13-27(32)36-18-26(31)28-17-25(30)29-21-15-19(3)8-11-22(21)33-4/h8-13,15-16H,5-7,14,17-18H2,1-4H3,(H,28,31)(H,29,30)/b13-10+. The van der Waals surface area contributed by atoms with Crippen LogP contribution in [0.2, 0.25) is 0 Å². The predicted molar refractivity (Wildman–Crippen MR) is 137 cm³/mol. The van der Waals surface area contributed by atoms with Gasteiger partial charge in [0.2, 0.25) is 5.91 Å². The minimum absolute atomic E-state index is 0.282. The Labute approximate surface area is 211 Å². The number of benzene rings is 2. The number of unbranched alkanes of at least 4 members (excludes halogenated alkanes) is 1. The van der Waals surface area contributed by atoms with Gasteiger partial charge in [0.1, 0.15) is 5.75 Å². The molecule has 0 aromatic heterocycles. The summed E-state index contributed by atoms with van der Waals surface area (Å²) in [6.45, 7) is 6.13. The Kier molecular flexibility index (Phi) is 11.8. The van der Waals surface area contributed by atoms with Gasteiger partial charge in [0.25, 0.3) is 5.91 Å². The second kappa shape index (κ2) is 15.1. The molecule has 2 aromatic carbocycles. The van der Waals surface area contributed by atoms with Crippen molar-refractivity contribution in [3.63, 3.8) is 0 Å². The van der Waals surface area contributed by atoms with E-state index in [-0.39, 0.29) is 6.54 Å². The van der Waals surface area contributed by atoms with Gasteiger partial charge in [0, 0.05) is 6.08 Å². The molecule has 0 atom stereocenters. The fourth-order valence-corrected chi connectivity index (χ4v) is 3.04. The summed E-state index contributed by atoms with van der Waals surface area (Å²) in [7, 11) is 1.50. The molecular weight excluding hydrogens is 464 g/mol. The molecule has 0 saturated heterocycles. The van der Waals surface area contributed by atoms with E-state index < -0.39 is 24.4 Å². The van der Waals surface area contributed by atoms with Gasteiger partial charge in [-0.3, -0.25) is 9.59 Å². The van der Waals surface area contributed by atoms with Gasteiger partial charge in [0.05, 0.1) is 32.6 Å². The summed E-state index contributed by atoms with van der Waals surface area (Å²) < 4.78 is 21.5. The number of methoxy groups -OCH3 is 1. The highest BCUT2D eigenvalue weighted by Gasteiger charge is 2.11. The Bertz CT molecular complexity index is 1070. The maximum absolute atomic E-state index is 12.1. The van der Waals surface area contributed by atoms with Crippen molar-refractivity contribution < 1.29 is 33.3 Å². The van der Waals surface area contributed by atoms with Crippen LogP contribution in [-0.2, 0) is 19.1 Å². The number of hydrogen-bond donors (Lipinski definition) is 2. The predicted octanol–water partition coefficient (Wildman–Crippen LogP) is 3.89. The van der Waals surface area contributed by atoms with Gasteiger partial charge < -0.3 is 29.6 Å². The minimum Gasteiger partial charge on any atom is -0.495 e. The Morgan fingerprint density at radius 1 is 0.944 bits per heavy atom. The number of esters is 1. The van der Waals surface area contributed by atoms with Crippen LogP contribution >= 0.6 is 0 Å². The van der Waals surface area contributed by atoms with Gasteiger partial charge >= 0.3 is 5.97 Å². The van der Waals surface area contributed by atoms with Crippen LogP contribution in [0.5, 0.6) is 17.2 Å². The fraction of sp³-hybridized carbons (Fsp3) is 0.370. The van der Waals surface area contributed by atoms with Crippen molar-refractivity contribution in [3.05, 3.63) is 53.6 Å². The number of carbonyl (C=O) groups excluding carboxylic acids is 3. The van der Waals surface area contributed by atoms with E-state index in [9.17, 15) is 14.4 Å². The molecule has 0 bridgehead atoms. The summed E-state index contributed by atoms with van der Waals surface area (Å²) in [5.41, 5.74) is 2.16. The smallest absolute Gasteiger partial charge is 0.331 e. The van der Waals surface area contributed by atoms with Gasteiger partial charge in [-0.2, -0.15) is 0 Å². The van der Waals surface area contributed by atoms with E-state index in [0.717, 1.165) is 18.4 Å². The molecule has 0 spiro atoms. The first-order chi connectivity index (χ1) is 17.4. The number of carbonyl (C=O) groups is 3. The maximum Gasteiger partial charge on any atom is 0.331 e. The average molecular weight is 499 g/mol. The molecular formula is C27H34N2O7. The Hall–Kier alpha value is -4.01. The molecule has 36 heavy (non-hydrogen) atoms. The van der Waals surface area contributed by atoms with Crippen LogP contribution in [-0.4, -0.2) is 51.3 Å². The summed E-state index contributed by atoms with van der Waals surface area (Å²) in [6, 6.07) is 10.7. The van der Waals surface area contributed by atoms with Crippen LogP contribution < -0.4 is 24.8 Å². The van der Waals surface area contributed by atoms with E-state index in [1.165, 1.54) is 13.2 Å². The summed E-state index contributed by atoms with van der Waals surface area (Å²) in [5.74, 6) is 0.00557. The van der Waals surface area contributed by atoms with Gasteiger partial charge in [-0.25, -0.2) is 4.79 Å². The van der Waals surface area contributed by atoms with E-state index >= 15 is 0 Å². The van der Waals surface area contributed by atoms with Crippen molar-refractivity contribution in [3.8, 4) is 17.2 Å². The first-order valence-electron chi connectivity index (χ1n) is 11.8. The van der Waals surface area contributed by atoms with Crippen molar-refractivity contribution in [2.75, 3.05) is 38.8 Å². The third-order valence-electron chi connectivity index (χ3n) is 4.86. The summed E-state index contributed by atoms with van der Waals surface area (Å²) in [4.78, 5) is 36.1. The van der Waals surface area contributed by atoms with Crippen LogP contribution in [0.4, 0.5) is 5.69 Å². The van der Waals surface area contributed by atoms with Crippen LogP contribution in [0.3, 0.4) is 0 Å². The minimum atomic E-state index is -0.694. The summed E-state index contributed by atoms with van der Waals surface area (Å²) >= 11 is 0. The topological polar surface area (TPSA) is 112 Å². The van der Waals surface area contributed by atoms with Crippen LogP contribution in [0, 0.1) is 6.92 Å². The molecule has 0 radical (unpaired) electrons. The lowest BCUT2D eigenvalue weighted by molar-refractivity contribution is -0.143.